The third kappa shape index (κ3) is 8.92. The van der Waals surface area contributed by atoms with Crippen LogP contribution >= 0.6 is 0 Å². The zero-order chi connectivity index (χ0) is 9.11. The van der Waals surface area contributed by atoms with Gasteiger partial charge in [0, 0.05) is 0 Å². The highest BCUT2D eigenvalue weighted by molar-refractivity contribution is 5.22. The van der Waals surface area contributed by atoms with Crippen molar-refractivity contribution in [3.63, 3.8) is 0 Å². The Labute approximate surface area is 69.1 Å². The molecule has 1 nitrogen and oxygen atoms in total. The van der Waals surface area contributed by atoms with E-state index in [0.29, 0.717) is 0 Å². The van der Waals surface area contributed by atoms with Gasteiger partial charge in [-0.25, -0.2) is 0 Å². The molecule has 0 rings (SSSR count). The summed E-state index contributed by atoms with van der Waals surface area (Å²) >= 11 is 0. The van der Waals surface area contributed by atoms with Crippen molar-refractivity contribution in [3.8, 4) is 0 Å². The Morgan fingerprint density at radius 1 is 1.45 bits per heavy atom. The largest absolute Gasteiger partial charge is 0.392 e. The lowest BCUT2D eigenvalue weighted by Gasteiger charge is -1.90. The van der Waals surface area contributed by atoms with E-state index >= 15 is 0 Å². The zero-order valence-corrected chi connectivity index (χ0v) is 7.09. The fourth-order valence-corrected chi connectivity index (χ4v) is 0.526. The van der Waals surface area contributed by atoms with E-state index in [1.807, 2.05) is 19.1 Å². The quantitative estimate of drug-likeness (QED) is 0.486. The topological polar surface area (TPSA) is 20.2 Å². The summed E-state index contributed by atoms with van der Waals surface area (Å²) in [6, 6.07) is 0. The lowest BCUT2D eigenvalue weighted by Crippen LogP contribution is -1.83. The Morgan fingerprint density at radius 2 is 2.00 bits per heavy atom. The first kappa shape index (κ1) is 12.6. The van der Waals surface area contributed by atoms with Gasteiger partial charge in [-0.05, 0) is 12.5 Å². The maximum Gasteiger partial charge on any atom is 0.0681 e. The van der Waals surface area contributed by atoms with Gasteiger partial charge >= 0.3 is 0 Å². The zero-order valence-electron chi connectivity index (χ0n) is 7.09. The van der Waals surface area contributed by atoms with Gasteiger partial charge < -0.3 is 5.11 Å². The smallest absolute Gasteiger partial charge is 0.0681 e. The minimum absolute atomic E-state index is 0.0797. The Kier molecular flexibility index (Phi) is 13.4. The monoisotopic (exact) mass is 152 g/mol. The van der Waals surface area contributed by atoms with Crippen molar-refractivity contribution in [2.75, 3.05) is 6.61 Å². The van der Waals surface area contributed by atoms with Crippen LogP contribution in [-0.2, 0) is 0 Å². The van der Waals surface area contributed by atoms with E-state index in [0.717, 1.165) is 5.57 Å². The van der Waals surface area contributed by atoms with Gasteiger partial charge in [-0.3, -0.25) is 0 Å². The standard InChI is InChI=1S/C8H12O.C2H4/c1-3-5-8(7-9)6-4-2;1-2/h3-6,9H,1,7H2,2H3;1-2H2/b6-4-,8-5+;. The number of hydrogen-bond acceptors (Lipinski definition) is 1. The average molecular weight is 152 g/mol. The van der Waals surface area contributed by atoms with Gasteiger partial charge in [0.2, 0.25) is 0 Å². The van der Waals surface area contributed by atoms with Gasteiger partial charge in [0.25, 0.3) is 0 Å². The molecular formula is C10H16O. The summed E-state index contributed by atoms with van der Waals surface area (Å²) in [5.74, 6) is 0. The highest BCUT2D eigenvalue weighted by Gasteiger charge is 1.82. The van der Waals surface area contributed by atoms with Gasteiger partial charge in [-0.15, -0.1) is 13.2 Å². The molecule has 11 heavy (non-hydrogen) atoms. The fraction of sp³-hybridized carbons (Fsp3) is 0.200. The van der Waals surface area contributed by atoms with Crippen LogP contribution in [0.2, 0.25) is 0 Å². The van der Waals surface area contributed by atoms with E-state index in [9.17, 15) is 0 Å². The Balaban J connectivity index is 0. The number of aliphatic hydroxyl groups excluding tert-OH is 1. The van der Waals surface area contributed by atoms with Crippen LogP contribution in [0.3, 0.4) is 0 Å². The Bertz CT molecular complexity index is 143. The summed E-state index contributed by atoms with van der Waals surface area (Å²) in [6.07, 6.45) is 7.17. The lowest BCUT2D eigenvalue weighted by molar-refractivity contribution is 0.335. The van der Waals surface area contributed by atoms with E-state index < -0.39 is 0 Å². The van der Waals surface area contributed by atoms with Crippen LogP contribution in [-0.4, -0.2) is 11.7 Å². The molecule has 0 aromatic carbocycles. The molecule has 1 N–H and O–H groups in total. The Hall–Kier alpha value is -1.08. The molecule has 0 aliphatic rings. The second kappa shape index (κ2) is 11.7. The summed E-state index contributed by atoms with van der Waals surface area (Å²) in [5.41, 5.74) is 0.882. The molecule has 0 heterocycles. The number of rotatable bonds is 3. The van der Waals surface area contributed by atoms with Crippen molar-refractivity contribution >= 4 is 0 Å². The number of aliphatic hydroxyl groups is 1. The fourth-order valence-electron chi connectivity index (χ4n) is 0.526. The molecule has 0 aliphatic heterocycles. The van der Waals surface area contributed by atoms with Crippen LogP contribution in [0.4, 0.5) is 0 Å². The summed E-state index contributed by atoms with van der Waals surface area (Å²) in [6.45, 7) is 11.5. The molecule has 0 amide bonds. The molecule has 0 fully saturated rings. The number of allylic oxidation sites excluding steroid dienone is 3. The van der Waals surface area contributed by atoms with E-state index in [4.69, 9.17) is 5.11 Å². The molecule has 1 heteroatoms. The average Bonchev–Trinajstić information content (AvgIpc) is 2.08. The molecule has 0 bridgehead atoms. The summed E-state index contributed by atoms with van der Waals surface area (Å²) < 4.78 is 0. The van der Waals surface area contributed by atoms with Crippen LogP contribution in [0.15, 0.2) is 49.6 Å². The van der Waals surface area contributed by atoms with Crippen LogP contribution < -0.4 is 0 Å². The van der Waals surface area contributed by atoms with Crippen LogP contribution in [0.1, 0.15) is 6.92 Å². The predicted octanol–water partition coefficient (Wildman–Crippen LogP) is 2.47. The maximum absolute atomic E-state index is 8.62. The van der Waals surface area contributed by atoms with Gasteiger partial charge in [0.05, 0.1) is 6.61 Å². The molecule has 0 radical (unpaired) electrons. The molecule has 0 saturated carbocycles. The van der Waals surface area contributed by atoms with Crippen molar-refractivity contribution in [3.05, 3.63) is 49.6 Å². The lowest BCUT2D eigenvalue weighted by atomic mass is 10.2. The van der Waals surface area contributed by atoms with Crippen molar-refractivity contribution in [1.82, 2.24) is 0 Å². The van der Waals surface area contributed by atoms with Gasteiger partial charge in [0.1, 0.15) is 0 Å². The first-order valence-corrected chi connectivity index (χ1v) is 3.40. The maximum atomic E-state index is 8.62. The third-order valence-corrected chi connectivity index (χ3v) is 0.895. The highest BCUT2D eigenvalue weighted by atomic mass is 16.3. The first-order chi connectivity index (χ1) is 5.35. The van der Waals surface area contributed by atoms with E-state index in [1.165, 1.54) is 0 Å². The van der Waals surface area contributed by atoms with Crippen LogP contribution in [0.5, 0.6) is 0 Å². The van der Waals surface area contributed by atoms with E-state index in [1.54, 1.807) is 12.2 Å². The summed E-state index contributed by atoms with van der Waals surface area (Å²) in [5, 5.41) is 8.62. The first-order valence-electron chi connectivity index (χ1n) is 3.40. The minimum atomic E-state index is 0.0797. The van der Waals surface area contributed by atoms with Crippen molar-refractivity contribution in [2.45, 2.75) is 6.92 Å². The molecular weight excluding hydrogens is 136 g/mol. The van der Waals surface area contributed by atoms with Crippen molar-refractivity contribution < 1.29 is 5.11 Å². The highest BCUT2D eigenvalue weighted by Crippen LogP contribution is 1.94. The second-order valence-electron chi connectivity index (χ2n) is 1.64. The van der Waals surface area contributed by atoms with Gasteiger partial charge in [-0.2, -0.15) is 0 Å². The van der Waals surface area contributed by atoms with Crippen LogP contribution in [0, 0.1) is 0 Å². The summed E-state index contributed by atoms with van der Waals surface area (Å²) in [4.78, 5) is 0. The molecule has 0 saturated heterocycles. The molecule has 0 aromatic rings. The molecule has 0 aromatic heterocycles. The molecule has 0 atom stereocenters. The van der Waals surface area contributed by atoms with Gasteiger partial charge in [0.15, 0.2) is 0 Å². The second-order valence-corrected chi connectivity index (χ2v) is 1.64. The Morgan fingerprint density at radius 3 is 2.27 bits per heavy atom. The molecule has 62 valence electrons. The minimum Gasteiger partial charge on any atom is -0.392 e. The molecule has 0 aliphatic carbocycles. The third-order valence-electron chi connectivity index (χ3n) is 0.895. The normalized spacial score (nSPS) is 10.5. The molecule has 0 unspecified atom stereocenters. The van der Waals surface area contributed by atoms with E-state index in [2.05, 4.69) is 19.7 Å². The van der Waals surface area contributed by atoms with Crippen molar-refractivity contribution in [1.29, 1.82) is 0 Å². The molecule has 0 spiro atoms. The summed E-state index contributed by atoms with van der Waals surface area (Å²) in [7, 11) is 0. The number of hydrogen-bond donors (Lipinski definition) is 1. The van der Waals surface area contributed by atoms with Gasteiger partial charge in [-0.1, -0.05) is 30.9 Å². The SMILES string of the molecule is C=C.C=C/C=C(\C=C/C)CO. The van der Waals surface area contributed by atoms with Crippen molar-refractivity contribution in [2.24, 2.45) is 0 Å². The van der Waals surface area contributed by atoms with Crippen LogP contribution in [0.25, 0.3) is 0 Å². The predicted molar refractivity (Wildman–Crippen MR) is 51.4 cm³/mol. The van der Waals surface area contributed by atoms with E-state index in [-0.39, 0.29) is 6.61 Å².